The van der Waals surface area contributed by atoms with Crippen LogP contribution < -0.4 is 5.32 Å². The molecule has 1 aromatic rings. The second-order valence-corrected chi connectivity index (χ2v) is 5.70. The molecule has 0 unspecified atom stereocenters. The Morgan fingerprint density at radius 2 is 2.20 bits per heavy atom. The molecule has 2 rings (SSSR count). The number of hydrogen-bond donors (Lipinski definition) is 1. The predicted octanol–water partition coefficient (Wildman–Crippen LogP) is 2.69. The van der Waals surface area contributed by atoms with Gasteiger partial charge in [-0.15, -0.1) is 0 Å². The maximum absolute atomic E-state index is 8.90. The second-order valence-electron chi connectivity index (χ2n) is 5.70. The standard InChI is InChI=1S/C17H23N3/c1-14(2)13-20-8-6-17(7-9-20)19-12-16-5-3-4-15(10-16)11-18/h3-5,10,17,19H,1,6-9,12-13H2,2H3. The summed E-state index contributed by atoms with van der Waals surface area (Å²) in [6.07, 6.45) is 2.37. The molecule has 0 bridgehead atoms. The highest BCUT2D eigenvalue weighted by Gasteiger charge is 2.18. The first-order chi connectivity index (χ1) is 9.67. The SMILES string of the molecule is C=C(C)CN1CCC(NCc2cccc(C#N)c2)CC1. The minimum atomic E-state index is 0.585. The Balaban J connectivity index is 1.76. The smallest absolute Gasteiger partial charge is 0.0991 e. The number of benzene rings is 1. The number of likely N-dealkylation sites (tertiary alicyclic amines) is 1. The van der Waals surface area contributed by atoms with Crippen LogP contribution in [0.25, 0.3) is 0 Å². The fraction of sp³-hybridized carbons (Fsp3) is 0.471. The fourth-order valence-electron chi connectivity index (χ4n) is 2.69. The Kier molecular flexibility index (Phi) is 5.34. The van der Waals surface area contributed by atoms with E-state index in [0.29, 0.717) is 6.04 Å². The fourth-order valence-corrected chi connectivity index (χ4v) is 2.69. The van der Waals surface area contributed by atoms with Gasteiger partial charge >= 0.3 is 0 Å². The van der Waals surface area contributed by atoms with Gasteiger partial charge in [0.2, 0.25) is 0 Å². The zero-order chi connectivity index (χ0) is 14.4. The van der Waals surface area contributed by atoms with Gasteiger partial charge in [-0.25, -0.2) is 0 Å². The van der Waals surface area contributed by atoms with Crippen LogP contribution in [0.1, 0.15) is 30.9 Å². The highest BCUT2D eigenvalue weighted by Crippen LogP contribution is 2.12. The molecule has 0 aliphatic carbocycles. The lowest BCUT2D eigenvalue weighted by atomic mass is 10.0. The van der Waals surface area contributed by atoms with Gasteiger partial charge in [0.05, 0.1) is 11.6 Å². The first-order valence-electron chi connectivity index (χ1n) is 7.26. The van der Waals surface area contributed by atoms with E-state index in [1.54, 1.807) is 0 Å². The Labute approximate surface area is 121 Å². The summed E-state index contributed by atoms with van der Waals surface area (Å²) in [6, 6.07) is 10.6. The van der Waals surface area contributed by atoms with Gasteiger partial charge in [-0.05, 0) is 50.6 Å². The van der Waals surface area contributed by atoms with E-state index in [9.17, 15) is 0 Å². The molecule has 1 aliphatic rings. The summed E-state index contributed by atoms with van der Waals surface area (Å²) < 4.78 is 0. The predicted molar refractivity (Wildman–Crippen MR) is 82.3 cm³/mol. The molecule has 3 heteroatoms. The van der Waals surface area contributed by atoms with Gasteiger partial charge < -0.3 is 5.32 Å². The average molecular weight is 269 g/mol. The number of nitrogens with one attached hydrogen (secondary N) is 1. The van der Waals surface area contributed by atoms with Crippen LogP contribution >= 0.6 is 0 Å². The number of nitrogens with zero attached hydrogens (tertiary/aromatic N) is 2. The average Bonchev–Trinajstić information content (AvgIpc) is 2.46. The van der Waals surface area contributed by atoms with Crippen LogP contribution in [0, 0.1) is 11.3 Å². The van der Waals surface area contributed by atoms with Crippen molar-refractivity contribution in [1.29, 1.82) is 5.26 Å². The molecule has 0 amide bonds. The third-order valence-corrected chi connectivity index (χ3v) is 3.73. The zero-order valence-electron chi connectivity index (χ0n) is 12.2. The third kappa shape index (κ3) is 4.48. The molecule has 106 valence electrons. The monoisotopic (exact) mass is 269 g/mol. The summed E-state index contributed by atoms with van der Waals surface area (Å²) in [5, 5.41) is 12.5. The van der Waals surface area contributed by atoms with Crippen LogP contribution in [0.15, 0.2) is 36.4 Å². The van der Waals surface area contributed by atoms with Gasteiger partial charge in [-0.1, -0.05) is 24.3 Å². The lowest BCUT2D eigenvalue weighted by molar-refractivity contribution is 0.211. The molecule has 3 nitrogen and oxygen atoms in total. The van der Waals surface area contributed by atoms with Crippen LogP contribution in [0.3, 0.4) is 0 Å². The Hall–Kier alpha value is -1.63. The van der Waals surface area contributed by atoms with E-state index in [1.807, 2.05) is 18.2 Å². The first-order valence-corrected chi connectivity index (χ1v) is 7.26. The van der Waals surface area contributed by atoms with Gasteiger partial charge in [0.25, 0.3) is 0 Å². The van der Waals surface area contributed by atoms with Crippen molar-refractivity contribution in [3.8, 4) is 6.07 Å². The zero-order valence-corrected chi connectivity index (χ0v) is 12.2. The van der Waals surface area contributed by atoms with Crippen LogP contribution in [0.4, 0.5) is 0 Å². The van der Waals surface area contributed by atoms with Crippen molar-refractivity contribution in [1.82, 2.24) is 10.2 Å². The second kappa shape index (κ2) is 7.23. The van der Waals surface area contributed by atoms with E-state index < -0.39 is 0 Å². The Morgan fingerprint density at radius 3 is 2.85 bits per heavy atom. The quantitative estimate of drug-likeness (QED) is 0.835. The van der Waals surface area contributed by atoms with Crippen LogP contribution in [0.2, 0.25) is 0 Å². The third-order valence-electron chi connectivity index (χ3n) is 3.73. The van der Waals surface area contributed by atoms with Crippen molar-refractivity contribution in [2.24, 2.45) is 0 Å². The lowest BCUT2D eigenvalue weighted by Crippen LogP contribution is -2.42. The molecular formula is C17H23N3. The van der Waals surface area contributed by atoms with Crippen LogP contribution in [0.5, 0.6) is 0 Å². The van der Waals surface area contributed by atoms with Gasteiger partial charge in [0.1, 0.15) is 0 Å². The van der Waals surface area contributed by atoms with Gasteiger partial charge in [0, 0.05) is 19.1 Å². The van der Waals surface area contributed by atoms with E-state index in [1.165, 1.54) is 24.0 Å². The van der Waals surface area contributed by atoms with Gasteiger partial charge in [0.15, 0.2) is 0 Å². The van der Waals surface area contributed by atoms with Crippen molar-refractivity contribution in [3.63, 3.8) is 0 Å². The summed E-state index contributed by atoms with van der Waals surface area (Å²) >= 11 is 0. The molecule has 0 radical (unpaired) electrons. The van der Waals surface area contributed by atoms with Crippen molar-refractivity contribution in [3.05, 3.63) is 47.5 Å². The van der Waals surface area contributed by atoms with Crippen molar-refractivity contribution in [2.75, 3.05) is 19.6 Å². The van der Waals surface area contributed by atoms with Crippen molar-refractivity contribution >= 4 is 0 Å². The minimum absolute atomic E-state index is 0.585. The number of hydrogen-bond acceptors (Lipinski definition) is 3. The van der Waals surface area contributed by atoms with E-state index >= 15 is 0 Å². The topological polar surface area (TPSA) is 39.1 Å². The summed E-state index contributed by atoms with van der Waals surface area (Å²) in [4.78, 5) is 2.47. The van der Waals surface area contributed by atoms with Crippen LogP contribution in [-0.2, 0) is 6.54 Å². The van der Waals surface area contributed by atoms with E-state index in [4.69, 9.17) is 5.26 Å². The van der Waals surface area contributed by atoms with E-state index in [2.05, 4.69) is 35.9 Å². The molecule has 1 aromatic carbocycles. The molecule has 0 aromatic heterocycles. The van der Waals surface area contributed by atoms with E-state index in [0.717, 1.165) is 31.7 Å². The highest BCUT2D eigenvalue weighted by molar-refractivity contribution is 5.32. The number of piperidine rings is 1. The maximum atomic E-state index is 8.90. The molecule has 0 spiro atoms. The minimum Gasteiger partial charge on any atom is -0.310 e. The summed E-state index contributed by atoms with van der Waals surface area (Å²) in [5.74, 6) is 0. The Morgan fingerprint density at radius 1 is 1.45 bits per heavy atom. The maximum Gasteiger partial charge on any atom is 0.0991 e. The largest absolute Gasteiger partial charge is 0.310 e. The normalized spacial score (nSPS) is 16.8. The molecule has 1 heterocycles. The number of rotatable bonds is 5. The molecule has 1 aliphatic heterocycles. The summed E-state index contributed by atoms with van der Waals surface area (Å²) in [6.45, 7) is 10.2. The van der Waals surface area contributed by atoms with Crippen LogP contribution in [-0.4, -0.2) is 30.6 Å². The van der Waals surface area contributed by atoms with Gasteiger partial charge in [-0.2, -0.15) is 5.26 Å². The van der Waals surface area contributed by atoms with E-state index in [-0.39, 0.29) is 0 Å². The first kappa shape index (κ1) is 14.8. The van der Waals surface area contributed by atoms with Crippen molar-refractivity contribution < 1.29 is 0 Å². The summed E-state index contributed by atoms with van der Waals surface area (Å²) in [7, 11) is 0. The number of nitriles is 1. The molecule has 0 atom stereocenters. The summed E-state index contributed by atoms with van der Waals surface area (Å²) in [5.41, 5.74) is 3.17. The van der Waals surface area contributed by atoms with Gasteiger partial charge in [-0.3, -0.25) is 4.90 Å². The highest BCUT2D eigenvalue weighted by atomic mass is 15.1. The Bertz CT molecular complexity index is 493. The molecular weight excluding hydrogens is 246 g/mol. The lowest BCUT2D eigenvalue weighted by Gasteiger charge is -2.32. The molecule has 20 heavy (non-hydrogen) atoms. The molecule has 1 N–H and O–H groups in total. The molecule has 1 saturated heterocycles. The molecule has 1 fully saturated rings. The van der Waals surface area contributed by atoms with Crippen molar-refractivity contribution in [2.45, 2.75) is 32.4 Å². The molecule has 0 saturated carbocycles.